The van der Waals surface area contributed by atoms with Gasteiger partial charge in [-0.25, -0.2) is 13.1 Å². The number of hydrogen-bond donors (Lipinski definition) is 1. The second-order valence-corrected chi connectivity index (χ2v) is 7.91. The van der Waals surface area contributed by atoms with Gasteiger partial charge in [-0.1, -0.05) is 0 Å². The Kier molecular flexibility index (Phi) is 3.15. The molecule has 3 rings (SSSR count). The van der Waals surface area contributed by atoms with Crippen LogP contribution in [0.1, 0.15) is 23.2 Å². The van der Waals surface area contributed by atoms with E-state index in [1.54, 1.807) is 0 Å². The van der Waals surface area contributed by atoms with E-state index in [1.165, 1.54) is 17.6 Å². The van der Waals surface area contributed by atoms with Crippen LogP contribution in [0.15, 0.2) is 16.8 Å². The Hall–Kier alpha value is -0.920. The first-order valence-electron chi connectivity index (χ1n) is 6.24. The fraction of sp³-hybridized carbons (Fsp3) is 0.583. The molecule has 7 heteroatoms. The maximum absolute atomic E-state index is 12.3. The van der Waals surface area contributed by atoms with Crippen molar-refractivity contribution in [2.45, 2.75) is 24.9 Å². The van der Waals surface area contributed by atoms with Gasteiger partial charge in [0.05, 0.1) is 11.8 Å². The van der Waals surface area contributed by atoms with E-state index in [0.29, 0.717) is 6.54 Å². The molecule has 1 aliphatic heterocycles. The molecular formula is C12H16N2O3S2. The van der Waals surface area contributed by atoms with Crippen molar-refractivity contribution in [1.82, 2.24) is 9.62 Å². The van der Waals surface area contributed by atoms with Crippen molar-refractivity contribution >= 4 is 27.3 Å². The molecule has 2 heterocycles. The van der Waals surface area contributed by atoms with E-state index in [-0.39, 0.29) is 23.9 Å². The summed E-state index contributed by atoms with van der Waals surface area (Å²) in [6.07, 6.45) is 2.82. The minimum Gasteiger partial charge on any atom is -0.335 e. The molecule has 5 nitrogen and oxygen atoms in total. The molecule has 1 aliphatic carbocycles. The van der Waals surface area contributed by atoms with Crippen LogP contribution >= 0.6 is 11.3 Å². The van der Waals surface area contributed by atoms with Crippen LogP contribution < -0.4 is 4.72 Å². The van der Waals surface area contributed by atoms with Gasteiger partial charge in [0.15, 0.2) is 0 Å². The monoisotopic (exact) mass is 300 g/mol. The Morgan fingerprint density at radius 2 is 2.26 bits per heavy atom. The predicted molar refractivity (Wildman–Crippen MR) is 73.6 cm³/mol. The highest BCUT2D eigenvalue weighted by molar-refractivity contribution is 7.88. The van der Waals surface area contributed by atoms with Crippen molar-refractivity contribution in [3.8, 4) is 0 Å². The third-order valence-electron chi connectivity index (χ3n) is 3.94. The standard InChI is InChI=1S/C12H16N2O3S2/c1-19(16,17)13-11-5-10-4-9(11)6-14(10)12(15)8-2-3-18-7-8/h2-3,7,9-11,13H,4-6H2,1H3/t9-,10-,11-/m0/s1. The number of hydrogen-bond acceptors (Lipinski definition) is 4. The van der Waals surface area contributed by atoms with E-state index < -0.39 is 10.0 Å². The average Bonchev–Trinajstić information content (AvgIpc) is 3.01. The zero-order chi connectivity index (χ0) is 13.6. The highest BCUT2D eigenvalue weighted by Crippen LogP contribution is 2.38. The molecule has 1 aromatic rings. The van der Waals surface area contributed by atoms with Gasteiger partial charge in [0.2, 0.25) is 10.0 Å². The lowest BCUT2D eigenvalue weighted by molar-refractivity contribution is 0.0692. The lowest BCUT2D eigenvalue weighted by Gasteiger charge is -2.31. The lowest BCUT2D eigenvalue weighted by atomic mass is 10.0. The summed E-state index contributed by atoms with van der Waals surface area (Å²) < 4.78 is 25.2. The number of thiophene rings is 1. The highest BCUT2D eigenvalue weighted by Gasteiger charge is 2.47. The molecular weight excluding hydrogens is 284 g/mol. The third-order valence-corrected chi connectivity index (χ3v) is 5.35. The van der Waals surface area contributed by atoms with Crippen LogP contribution in [-0.2, 0) is 10.0 Å². The zero-order valence-electron chi connectivity index (χ0n) is 10.6. The summed E-state index contributed by atoms with van der Waals surface area (Å²) in [5, 5.41) is 3.76. The number of likely N-dealkylation sites (tertiary alicyclic amines) is 1. The fourth-order valence-corrected chi connectivity index (χ4v) is 4.64. The second kappa shape index (κ2) is 4.57. The smallest absolute Gasteiger partial charge is 0.254 e. The molecule has 0 radical (unpaired) electrons. The summed E-state index contributed by atoms with van der Waals surface area (Å²) in [6, 6.07) is 2.01. The van der Waals surface area contributed by atoms with Crippen LogP contribution in [-0.4, -0.2) is 44.1 Å². The van der Waals surface area contributed by atoms with Gasteiger partial charge >= 0.3 is 0 Å². The van der Waals surface area contributed by atoms with Crippen molar-refractivity contribution in [2.24, 2.45) is 5.92 Å². The molecule has 1 amide bonds. The number of amides is 1. The van der Waals surface area contributed by atoms with Gasteiger partial charge in [-0.15, -0.1) is 0 Å². The number of carbonyl (C=O) groups excluding carboxylic acids is 1. The third kappa shape index (κ3) is 2.54. The number of nitrogens with zero attached hydrogens (tertiary/aromatic N) is 1. The highest BCUT2D eigenvalue weighted by atomic mass is 32.2. The molecule has 104 valence electrons. The minimum atomic E-state index is -3.16. The van der Waals surface area contributed by atoms with Gasteiger partial charge in [-0.05, 0) is 30.2 Å². The van der Waals surface area contributed by atoms with Gasteiger partial charge in [0.25, 0.3) is 5.91 Å². The molecule has 3 atom stereocenters. The first-order chi connectivity index (χ1) is 8.94. The van der Waals surface area contributed by atoms with Crippen LogP contribution in [0.2, 0.25) is 0 Å². The Morgan fingerprint density at radius 1 is 1.47 bits per heavy atom. The molecule has 0 unspecified atom stereocenters. The van der Waals surface area contributed by atoms with Crippen molar-refractivity contribution in [2.75, 3.05) is 12.8 Å². The van der Waals surface area contributed by atoms with E-state index in [1.807, 2.05) is 21.7 Å². The maximum atomic E-state index is 12.3. The van der Waals surface area contributed by atoms with Crippen LogP contribution in [0.5, 0.6) is 0 Å². The predicted octanol–water partition coefficient (Wildman–Crippen LogP) is 0.900. The summed E-state index contributed by atoms with van der Waals surface area (Å²) in [5.74, 6) is 0.328. The topological polar surface area (TPSA) is 66.5 Å². The molecule has 1 aromatic heterocycles. The Balaban J connectivity index is 1.68. The van der Waals surface area contributed by atoms with Crippen LogP contribution in [0.25, 0.3) is 0 Å². The largest absolute Gasteiger partial charge is 0.335 e. The molecule has 0 aromatic carbocycles. The van der Waals surface area contributed by atoms with E-state index in [2.05, 4.69) is 4.72 Å². The molecule has 2 bridgehead atoms. The number of rotatable bonds is 3. The van der Waals surface area contributed by atoms with Crippen molar-refractivity contribution in [1.29, 1.82) is 0 Å². The summed E-state index contributed by atoms with van der Waals surface area (Å²) in [5.41, 5.74) is 0.741. The molecule has 2 aliphatic rings. The van der Waals surface area contributed by atoms with E-state index >= 15 is 0 Å². The van der Waals surface area contributed by atoms with E-state index in [9.17, 15) is 13.2 Å². The molecule has 2 fully saturated rings. The van der Waals surface area contributed by atoms with Crippen LogP contribution in [0.3, 0.4) is 0 Å². The number of nitrogens with one attached hydrogen (secondary N) is 1. The first-order valence-corrected chi connectivity index (χ1v) is 9.08. The molecule has 19 heavy (non-hydrogen) atoms. The Morgan fingerprint density at radius 3 is 2.79 bits per heavy atom. The van der Waals surface area contributed by atoms with Gasteiger partial charge < -0.3 is 4.90 Å². The zero-order valence-corrected chi connectivity index (χ0v) is 12.2. The quantitative estimate of drug-likeness (QED) is 0.902. The number of fused-ring (bicyclic) bond motifs is 2. The average molecular weight is 300 g/mol. The molecule has 0 spiro atoms. The summed E-state index contributed by atoms with van der Waals surface area (Å²) in [6.45, 7) is 0.659. The summed E-state index contributed by atoms with van der Waals surface area (Å²) in [7, 11) is -3.16. The molecule has 1 N–H and O–H groups in total. The van der Waals surface area contributed by atoms with Crippen molar-refractivity contribution in [3.63, 3.8) is 0 Å². The summed E-state index contributed by atoms with van der Waals surface area (Å²) >= 11 is 1.52. The van der Waals surface area contributed by atoms with Gasteiger partial charge in [-0.2, -0.15) is 11.3 Å². The van der Waals surface area contributed by atoms with Crippen molar-refractivity contribution < 1.29 is 13.2 Å². The SMILES string of the molecule is CS(=O)(=O)N[C@H]1C[C@@H]2C[C@H]1CN2C(=O)c1ccsc1. The second-order valence-electron chi connectivity index (χ2n) is 5.35. The van der Waals surface area contributed by atoms with E-state index in [0.717, 1.165) is 18.4 Å². The number of piperidine rings is 1. The first kappa shape index (κ1) is 13.1. The fourth-order valence-electron chi connectivity index (χ4n) is 3.17. The molecule has 1 saturated carbocycles. The molecule has 1 saturated heterocycles. The maximum Gasteiger partial charge on any atom is 0.254 e. The summed E-state index contributed by atoms with van der Waals surface area (Å²) in [4.78, 5) is 14.2. The van der Waals surface area contributed by atoms with Gasteiger partial charge in [0.1, 0.15) is 0 Å². The number of sulfonamides is 1. The normalized spacial score (nSPS) is 29.9. The van der Waals surface area contributed by atoms with Gasteiger partial charge in [-0.3, -0.25) is 4.79 Å². The van der Waals surface area contributed by atoms with Crippen molar-refractivity contribution in [3.05, 3.63) is 22.4 Å². The van der Waals surface area contributed by atoms with E-state index in [4.69, 9.17) is 0 Å². The Labute approximate surface area is 116 Å². The minimum absolute atomic E-state index is 0.00785. The van der Waals surface area contributed by atoms with Crippen LogP contribution in [0.4, 0.5) is 0 Å². The van der Waals surface area contributed by atoms with Crippen LogP contribution in [0, 0.1) is 5.92 Å². The lowest BCUT2D eigenvalue weighted by Crippen LogP contribution is -2.47. The number of carbonyl (C=O) groups is 1. The van der Waals surface area contributed by atoms with Gasteiger partial charge in [0, 0.05) is 24.0 Å². The Bertz CT molecular complexity index is 582.